The van der Waals surface area contributed by atoms with Crippen LogP contribution in [0, 0.1) is 5.92 Å². The molecule has 1 amide bonds. The number of aryl methyl sites for hydroxylation is 1. The van der Waals surface area contributed by atoms with Crippen LogP contribution in [0.1, 0.15) is 44.5 Å². The van der Waals surface area contributed by atoms with Gasteiger partial charge in [-0.25, -0.2) is 9.97 Å². The van der Waals surface area contributed by atoms with Crippen molar-refractivity contribution in [2.75, 3.05) is 0 Å². The Kier molecular flexibility index (Phi) is 3.10. The van der Waals surface area contributed by atoms with Crippen LogP contribution in [0.15, 0.2) is 36.8 Å². The van der Waals surface area contributed by atoms with Gasteiger partial charge in [0.05, 0.1) is 30.0 Å². The molecule has 1 aromatic carbocycles. The van der Waals surface area contributed by atoms with Gasteiger partial charge in [-0.05, 0) is 18.4 Å². The number of primary amides is 1. The van der Waals surface area contributed by atoms with Gasteiger partial charge in [-0.1, -0.05) is 24.3 Å². The fraction of sp³-hybridized carbons (Fsp3) is 0.278. The largest absolute Gasteiger partial charge is 0.386 e. The molecule has 6 nitrogen and oxygen atoms in total. The van der Waals surface area contributed by atoms with Crippen LogP contribution in [0.5, 0.6) is 0 Å². The smallest absolute Gasteiger partial charge is 0.277 e. The molecule has 25 heavy (non-hydrogen) atoms. The zero-order valence-electron chi connectivity index (χ0n) is 13.3. The van der Waals surface area contributed by atoms with Crippen LogP contribution in [-0.4, -0.2) is 25.5 Å². The Bertz CT molecular complexity index is 993. The van der Waals surface area contributed by atoms with E-state index in [0.717, 1.165) is 23.4 Å². The fourth-order valence-corrected chi connectivity index (χ4v) is 5.15. The highest BCUT2D eigenvalue weighted by Gasteiger charge is 2.42. The lowest BCUT2D eigenvalue weighted by Crippen LogP contribution is -2.28. The molecule has 5 rings (SSSR count). The molecular formula is C18H16N4O2S. The third-order valence-electron chi connectivity index (χ3n) is 5.26. The SMILES string of the molecule is NC(=O)c1nc2c(s1)CC[C@H](C1c3ccccc3-c3cncn31)[C@H]2O. The molecule has 1 unspecified atom stereocenters. The molecule has 0 saturated heterocycles. The monoisotopic (exact) mass is 352 g/mol. The van der Waals surface area contributed by atoms with Crippen molar-refractivity contribution in [3.63, 3.8) is 0 Å². The summed E-state index contributed by atoms with van der Waals surface area (Å²) in [5, 5.41) is 11.3. The Hall–Kier alpha value is -2.51. The Balaban J connectivity index is 1.59. The number of aliphatic hydroxyl groups is 1. The predicted octanol–water partition coefficient (Wildman–Crippen LogP) is 2.30. The molecule has 3 heterocycles. The predicted molar refractivity (Wildman–Crippen MR) is 93.2 cm³/mol. The summed E-state index contributed by atoms with van der Waals surface area (Å²) in [4.78, 5) is 21.0. The average molecular weight is 352 g/mol. The summed E-state index contributed by atoms with van der Waals surface area (Å²) in [7, 11) is 0. The first-order valence-corrected chi connectivity index (χ1v) is 9.05. The highest BCUT2D eigenvalue weighted by molar-refractivity contribution is 7.13. The van der Waals surface area contributed by atoms with Crippen LogP contribution in [0.2, 0.25) is 0 Å². The van der Waals surface area contributed by atoms with Crippen molar-refractivity contribution in [3.8, 4) is 11.3 Å². The number of aromatic nitrogens is 3. The molecule has 1 aliphatic carbocycles. The van der Waals surface area contributed by atoms with E-state index in [-0.39, 0.29) is 17.0 Å². The molecule has 0 fully saturated rings. The molecule has 1 aliphatic heterocycles. The summed E-state index contributed by atoms with van der Waals surface area (Å²) < 4.78 is 2.14. The lowest BCUT2D eigenvalue weighted by Gasteiger charge is -2.33. The van der Waals surface area contributed by atoms with Crippen LogP contribution in [-0.2, 0) is 6.42 Å². The van der Waals surface area contributed by atoms with Crippen LogP contribution in [0.4, 0.5) is 0 Å². The van der Waals surface area contributed by atoms with E-state index in [1.54, 1.807) is 0 Å². The summed E-state index contributed by atoms with van der Waals surface area (Å²) in [5.74, 6) is -0.557. The molecule has 3 atom stereocenters. The first-order valence-electron chi connectivity index (χ1n) is 8.23. The average Bonchev–Trinajstić information content (AvgIpc) is 3.29. The maximum Gasteiger partial charge on any atom is 0.277 e. The molecular weight excluding hydrogens is 336 g/mol. The molecule has 0 bridgehead atoms. The van der Waals surface area contributed by atoms with Crippen molar-refractivity contribution in [3.05, 3.63) is 57.9 Å². The second-order valence-electron chi connectivity index (χ2n) is 6.56. The Labute approximate surface area is 148 Å². The van der Waals surface area contributed by atoms with Crippen molar-refractivity contribution in [1.29, 1.82) is 0 Å². The maximum atomic E-state index is 11.4. The zero-order chi connectivity index (χ0) is 17.1. The second-order valence-corrected chi connectivity index (χ2v) is 7.64. The highest BCUT2D eigenvalue weighted by atomic mass is 32.1. The highest BCUT2D eigenvalue weighted by Crippen LogP contribution is 2.50. The number of imidazole rings is 1. The number of hydrogen-bond acceptors (Lipinski definition) is 5. The number of thiazole rings is 1. The van der Waals surface area contributed by atoms with Gasteiger partial charge in [0.1, 0.15) is 6.10 Å². The number of benzene rings is 1. The third-order valence-corrected chi connectivity index (χ3v) is 6.40. The molecule has 2 aliphatic rings. The van der Waals surface area contributed by atoms with E-state index in [1.165, 1.54) is 22.5 Å². The summed E-state index contributed by atoms with van der Waals surface area (Å²) in [6.07, 6.45) is 4.60. The van der Waals surface area contributed by atoms with E-state index >= 15 is 0 Å². The number of nitrogens with two attached hydrogens (primary N) is 1. The minimum absolute atomic E-state index is 0.0214. The fourth-order valence-electron chi connectivity index (χ4n) is 4.18. The molecule has 2 aromatic heterocycles. The van der Waals surface area contributed by atoms with Gasteiger partial charge in [-0.15, -0.1) is 11.3 Å². The molecule has 3 N–H and O–H groups in total. The molecule has 0 spiro atoms. The number of hydrogen-bond donors (Lipinski definition) is 2. The van der Waals surface area contributed by atoms with Gasteiger partial charge < -0.3 is 15.4 Å². The second kappa shape index (κ2) is 5.24. The van der Waals surface area contributed by atoms with E-state index in [1.807, 2.05) is 24.7 Å². The molecule has 7 heteroatoms. The number of carbonyl (C=O) groups excluding carboxylic acids is 1. The van der Waals surface area contributed by atoms with Gasteiger partial charge in [0.25, 0.3) is 5.91 Å². The van der Waals surface area contributed by atoms with Crippen LogP contribution >= 0.6 is 11.3 Å². The number of aliphatic hydroxyl groups excluding tert-OH is 1. The lowest BCUT2D eigenvalue weighted by atomic mass is 9.80. The van der Waals surface area contributed by atoms with Crippen molar-refractivity contribution in [1.82, 2.24) is 14.5 Å². The van der Waals surface area contributed by atoms with Crippen molar-refractivity contribution >= 4 is 17.2 Å². The number of nitrogens with zero attached hydrogens (tertiary/aromatic N) is 3. The van der Waals surface area contributed by atoms with Crippen LogP contribution in [0.3, 0.4) is 0 Å². The van der Waals surface area contributed by atoms with Crippen LogP contribution < -0.4 is 5.73 Å². The molecule has 126 valence electrons. The van der Waals surface area contributed by atoms with Crippen molar-refractivity contribution < 1.29 is 9.90 Å². The normalized spacial score (nSPS) is 23.8. The summed E-state index contributed by atoms with van der Waals surface area (Å²) in [6.45, 7) is 0. The number of fused-ring (bicyclic) bond motifs is 4. The van der Waals surface area contributed by atoms with Gasteiger partial charge in [-0.3, -0.25) is 4.79 Å². The minimum Gasteiger partial charge on any atom is -0.386 e. The van der Waals surface area contributed by atoms with Gasteiger partial charge in [0.15, 0.2) is 5.01 Å². The lowest BCUT2D eigenvalue weighted by molar-refractivity contribution is 0.0690. The summed E-state index contributed by atoms with van der Waals surface area (Å²) in [5.41, 5.74) is 9.42. The topological polar surface area (TPSA) is 94.0 Å². The first kappa shape index (κ1) is 14.8. The number of amides is 1. The van der Waals surface area contributed by atoms with Gasteiger partial charge in [0.2, 0.25) is 0 Å². The molecule has 0 radical (unpaired) electrons. The Morgan fingerprint density at radius 2 is 2.20 bits per heavy atom. The van der Waals surface area contributed by atoms with E-state index in [0.29, 0.717) is 5.69 Å². The van der Waals surface area contributed by atoms with Gasteiger partial charge in [0, 0.05) is 16.4 Å². The van der Waals surface area contributed by atoms with E-state index < -0.39 is 12.0 Å². The number of carbonyl (C=O) groups is 1. The van der Waals surface area contributed by atoms with Crippen molar-refractivity contribution in [2.24, 2.45) is 11.7 Å². The van der Waals surface area contributed by atoms with E-state index in [9.17, 15) is 9.90 Å². The Morgan fingerprint density at radius 3 is 3.04 bits per heavy atom. The standard InChI is InChI=1S/C18H16N4O2S/c19-17(24)18-21-14-13(25-18)6-5-11(16(14)23)15-10-4-2-1-3-9(10)12-7-20-8-22(12)15/h1-4,7-8,11,15-16,23H,5-6H2,(H2,19,24)/t11-,15?,16-/m1/s1. The maximum absolute atomic E-state index is 11.4. The number of rotatable bonds is 2. The first-order chi connectivity index (χ1) is 12.1. The van der Waals surface area contributed by atoms with Gasteiger partial charge in [-0.2, -0.15) is 0 Å². The summed E-state index contributed by atoms with van der Waals surface area (Å²) in [6, 6.07) is 8.28. The Morgan fingerprint density at radius 1 is 1.36 bits per heavy atom. The third kappa shape index (κ3) is 2.03. The zero-order valence-corrected chi connectivity index (χ0v) is 14.1. The minimum atomic E-state index is -0.723. The van der Waals surface area contributed by atoms with E-state index in [4.69, 9.17) is 5.73 Å². The quantitative estimate of drug-likeness (QED) is 0.740. The molecule has 3 aromatic rings. The van der Waals surface area contributed by atoms with E-state index in [2.05, 4.69) is 26.7 Å². The van der Waals surface area contributed by atoms with Crippen molar-refractivity contribution in [2.45, 2.75) is 25.0 Å². The summed E-state index contributed by atoms with van der Waals surface area (Å²) >= 11 is 1.30. The van der Waals surface area contributed by atoms with Gasteiger partial charge >= 0.3 is 0 Å². The molecule has 0 saturated carbocycles. The van der Waals surface area contributed by atoms with Crippen LogP contribution in [0.25, 0.3) is 11.3 Å².